The zero-order valence-corrected chi connectivity index (χ0v) is 11.6. The van der Waals surface area contributed by atoms with Gasteiger partial charge < -0.3 is 10.6 Å². The van der Waals surface area contributed by atoms with Gasteiger partial charge in [-0.15, -0.1) is 11.3 Å². The van der Waals surface area contributed by atoms with Crippen molar-refractivity contribution in [2.24, 2.45) is 10.7 Å². The molecule has 1 aromatic heterocycles. The van der Waals surface area contributed by atoms with Gasteiger partial charge in [-0.25, -0.2) is 0 Å². The predicted octanol–water partition coefficient (Wildman–Crippen LogP) is 2.14. The number of hydrogen-bond acceptors (Lipinski definition) is 5. The van der Waals surface area contributed by atoms with Crippen LogP contribution >= 0.6 is 23.1 Å². The van der Waals surface area contributed by atoms with Crippen LogP contribution < -0.4 is 5.73 Å². The number of aliphatic imine (C=N–C) groups is 1. The van der Waals surface area contributed by atoms with Gasteiger partial charge in [0.1, 0.15) is 0 Å². The summed E-state index contributed by atoms with van der Waals surface area (Å²) in [4.78, 5) is 8.20. The van der Waals surface area contributed by atoms with Crippen LogP contribution in [0.2, 0.25) is 0 Å². The molecule has 0 aliphatic carbocycles. The van der Waals surface area contributed by atoms with E-state index in [1.54, 1.807) is 11.3 Å². The average molecular weight is 267 g/mol. The molecule has 1 aromatic rings. The maximum absolute atomic E-state index is 6.08. The summed E-state index contributed by atoms with van der Waals surface area (Å²) in [5.41, 5.74) is 6.26. The Labute approximate surface area is 110 Å². The Morgan fingerprint density at radius 2 is 2.53 bits per heavy atom. The molecule has 2 unspecified atom stereocenters. The molecule has 0 amide bonds. The van der Waals surface area contributed by atoms with Crippen molar-refractivity contribution in [2.75, 3.05) is 12.3 Å². The molecule has 2 N–H and O–H groups in total. The van der Waals surface area contributed by atoms with Crippen molar-refractivity contribution >= 4 is 29.1 Å². The van der Waals surface area contributed by atoms with Gasteiger partial charge in [0.2, 0.25) is 0 Å². The molecule has 17 heavy (non-hydrogen) atoms. The minimum Gasteiger partial charge on any atom is -0.370 e. The summed E-state index contributed by atoms with van der Waals surface area (Å²) in [7, 11) is 0. The van der Waals surface area contributed by atoms with Crippen LogP contribution in [-0.4, -0.2) is 33.9 Å². The zero-order chi connectivity index (χ0) is 11.9. The van der Waals surface area contributed by atoms with Crippen LogP contribution in [0.25, 0.3) is 0 Å². The standard InChI is InChI=1S/C12H17N3S2/c1-9-12(4-6-16-9)8-14-11(13)15(12)7-10-3-2-5-17-10/h2-3,5,9H,4,6-8H2,1H3,(H2,13,14). The predicted molar refractivity (Wildman–Crippen MR) is 75.6 cm³/mol. The summed E-state index contributed by atoms with van der Waals surface area (Å²) in [6, 6.07) is 4.28. The summed E-state index contributed by atoms with van der Waals surface area (Å²) >= 11 is 3.84. The number of guanidine groups is 1. The topological polar surface area (TPSA) is 41.6 Å². The van der Waals surface area contributed by atoms with E-state index in [1.165, 1.54) is 17.1 Å². The van der Waals surface area contributed by atoms with Crippen LogP contribution in [0.3, 0.4) is 0 Å². The number of nitrogens with zero attached hydrogens (tertiary/aromatic N) is 2. The first-order chi connectivity index (χ1) is 8.22. The molecule has 92 valence electrons. The van der Waals surface area contributed by atoms with Gasteiger partial charge >= 0.3 is 0 Å². The molecule has 0 radical (unpaired) electrons. The minimum atomic E-state index is 0.179. The summed E-state index contributed by atoms with van der Waals surface area (Å²) in [6.07, 6.45) is 1.20. The lowest BCUT2D eigenvalue weighted by molar-refractivity contribution is 0.197. The van der Waals surface area contributed by atoms with Gasteiger partial charge in [0, 0.05) is 10.1 Å². The largest absolute Gasteiger partial charge is 0.370 e. The first kappa shape index (κ1) is 11.4. The molecule has 2 aliphatic heterocycles. The molecule has 5 heteroatoms. The zero-order valence-electron chi connectivity index (χ0n) is 9.93. The van der Waals surface area contributed by atoms with E-state index in [0.29, 0.717) is 5.25 Å². The average Bonchev–Trinajstić information content (AvgIpc) is 2.99. The fourth-order valence-corrected chi connectivity index (χ4v) is 4.89. The molecule has 0 saturated carbocycles. The lowest BCUT2D eigenvalue weighted by atomic mass is 9.91. The molecular formula is C12H17N3S2. The van der Waals surface area contributed by atoms with E-state index >= 15 is 0 Å². The molecule has 0 bridgehead atoms. The van der Waals surface area contributed by atoms with Crippen LogP contribution in [0, 0.1) is 0 Å². The highest BCUT2D eigenvalue weighted by molar-refractivity contribution is 8.00. The minimum absolute atomic E-state index is 0.179. The van der Waals surface area contributed by atoms with Crippen molar-refractivity contribution in [3.8, 4) is 0 Å². The molecule has 2 aliphatic rings. The maximum Gasteiger partial charge on any atom is 0.192 e. The molecule has 1 saturated heterocycles. The summed E-state index contributed by atoms with van der Waals surface area (Å²) < 4.78 is 0. The fraction of sp³-hybridized carbons (Fsp3) is 0.583. The first-order valence-corrected chi connectivity index (χ1v) is 7.87. The Hall–Kier alpha value is -0.680. The smallest absolute Gasteiger partial charge is 0.192 e. The molecule has 2 atom stereocenters. The summed E-state index contributed by atoms with van der Waals surface area (Å²) in [5, 5.41) is 2.74. The van der Waals surface area contributed by atoms with Crippen LogP contribution in [0.5, 0.6) is 0 Å². The van der Waals surface area contributed by atoms with Gasteiger partial charge in [0.15, 0.2) is 5.96 Å². The molecule has 3 heterocycles. The van der Waals surface area contributed by atoms with Crippen LogP contribution in [0.1, 0.15) is 18.2 Å². The molecule has 3 nitrogen and oxygen atoms in total. The third-order valence-corrected chi connectivity index (χ3v) is 6.12. The lowest BCUT2D eigenvalue weighted by Gasteiger charge is -2.38. The van der Waals surface area contributed by atoms with E-state index in [0.717, 1.165) is 19.0 Å². The lowest BCUT2D eigenvalue weighted by Crippen LogP contribution is -2.54. The van der Waals surface area contributed by atoms with E-state index in [2.05, 4.69) is 34.3 Å². The monoisotopic (exact) mass is 267 g/mol. The second kappa shape index (κ2) is 4.21. The molecule has 3 rings (SSSR count). The number of thiophene rings is 1. The quantitative estimate of drug-likeness (QED) is 0.892. The Morgan fingerprint density at radius 1 is 1.65 bits per heavy atom. The third kappa shape index (κ3) is 1.76. The Balaban J connectivity index is 1.86. The van der Waals surface area contributed by atoms with Gasteiger partial charge in [0.25, 0.3) is 0 Å². The number of thioether (sulfide) groups is 1. The van der Waals surface area contributed by atoms with Gasteiger partial charge in [-0.3, -0.25) is 4.99 Å². The Kier molecular flexibility index (Phi) is 2.83. The van der Waals surface area contributed by atoms with E-state index in [4.69, 9.17) is 5.73 Å². The van der Waals surface area contributed by atoms with Gasteiger partial charge in [-0.05, 0) is 23.6 Å². The highest BCUT2D eigenvalue weighted by atomic mass is 32.2. The normalized spacial score (nSPS) is 32.4. The van der Waals surface area contributed by atoms with Crippen molar-refractivity contribution in [1.82, 2.24) is 4.90 Å². The fourth-order valence-electron chi connectivity index (χ4n) is 2.75. The number of rotatable bonds is 2. The van der Waals surface area contributed by atoms with Crippen molar-refractivity contribution in [3.05, 3.63) is 22.4 Å². The second-order valence-electron chi connectivity index (χ2n) is 4.71. The Bertz CT molecular complexity index is 429. The van der Waals surface area contributed by atoms with E-state index in [-0.39, 0.29) is 5.54 Å². The third-order valence-electron chi connectivity index (χ3n) is 3.88. The maximum atomic E-state index is 6.08. The summed E-state index contributed by atoms with van der Waals surface area (Å²) in [6.45, 7) is 4.10. The van der Waals surface area contributed by atoms with Crippen molar-refractivity contribution in [2.45, 2.75) is 30.7 Å². The Morgan fingerprint density at radius 3 is 3.18 bits per heavy atom. The van der Waals surface area contributed by atoms with Crippen LogP contribution in [0.15, 0.2) is 22.5 Å². The van der Waals surface area contributed by atoms with Crippen LogP contribution in [0.4, 0.5) is 0 Å². The van der Waals surface area contributed by atoms with Crippen LogP contribution in [-0.2, 0) is 6.54 Å². The number of hydrogen-bond donors (Lipinski definition) is 1. The van der Waals surface area contributed by atoms with E-state index < -0.39 is 0 Å². The van der Waals surface area contributed by atoms with Crippen molar-refractivity contribution in [3.63, 3.8) is 0 Å². The SMILES string of the molecule is CC1SCCC12CN=C(N)N2Cc1cccs1. The van der Waals surface area contributed by atoms with Gasteiger partial charge in [-0.2, -0.15) is 11.8 Å². The van der Waals surface area contributed by atoms with E-state index in [9.17, 15) is 0 Å². The molecule has 1 spiro atoms. The summed E-state index contributed by atoms with van der Waals surface area (Å²) in [5.74, 6) is 1.96. The highest BCUT2D eigenvalue weighted by Gasteiger charge is 2.49. The molecule has 1 fully saturated rings. The molecule has 0 aromatic carbocycles. The van der Waals surface area contributed by atoms with Crippen molar-refractivity contribution in [1.29, 1.82) is 0 Å². The van der Waals surface area contributed by atoms with Crippen molar-refractivity contribution < 1.29 is 0 Å². The second-order valence-corrected chi connectivity index (χ2v) is 7.19. The number of nitrogens with two attached hydrogens (primary N) is 1. The van der Waals surface area contributed by atoms with Gasteiger partial charge in [0.05, 0.1) is 18.6 Å². The highest BCUT2D eigenvalue weighted by Crippen LogP contribution is 2.43. The van der Waals surface area contributed by atoms with Gasteiger partial charge in [-0.1, -0.05) is 13.0 Å². The molecular weight excluding hydrogens is 250 g/mol. The van der Waals surface area contributed by atoms with E-state index in [1.807, 2.05) is 11.8 Å². The first-order valence-electron chi connectivity index (χ1n) is 5.94.